The summed E-state index contributed by atoms with van der Waals surface area (Å²) in [6.45, 7) is 1.87. The highest BCUT2D eigenvalue weighted by atomic mass is 16.3. The van der Waals surface area contributed by atoms with E-state index in [1.54, 1.807) is 0 Å². The molecule has 2 atom stereocenters. The van der Waals surface area contributed by atoms with Crippen LogP contribution in [0.5, 0.6) is 0 Å². The summed E-state index contributed by atoms with van der Waals surface area (Å²) in [6.07, 6.45) is 5.48. The van der Waals surface area contributed by atoms with E-state index in [4.69, 9.17) is 0 Å². The van der Waals surface area contributed by atoms with Crippen LogP contribution in [-0.2, 0) is 4.79 Å². The Kier molecular flexibility index (Phi) is 4.18. The van der Waals surface area contributed by atoms with Crippen molar-refractivity contribution in [3.63, 3.8) is 0 Å². The van der Waals surface area contributed by atoms with E-state index in [1.807, 2.05) is 0 Å². The fourth-order valence-electron chi connectivity index (χ4n) is 2.66. The topological polar surface area (TPSA) is 61.4 Å². The van der Waals surface area contributed by atoms with Gasteiger partial charge in [-0.15, -0.1) is 0 Å². The SMILES string of the molecule is O=C(N[C@H]1CCCC[C@@H]1O)C1CCNCC1. The van der Waals surface area contributed by atoms with Gasteiger partial charge in [-0.25, -0.2) is 0 Å². The van der Waals surface area contributed by atoms with Crippen LogP contribution in [0.3, 0.4) is 0 Å². The monoisotopic (exact) mass is 226 g/mol. The van der Waals surface area contributed by atoms with Crippen LogP contribution in [0.25, 0.3) is 0 Å². The van der Waals surface area contributed by atoms with Crippen LogP contribution in [0.1, 0.15) is 38.5 Å². The van der Waals surface area contributed by atoms with E-state index in [1.165, 1.54) is 0 Å². The number of carbonyl (C=O) groups excluding carboxylic acids is 1. The first-order chi connectivity index (χ1) is 7.77. The number of hydrogen-bond acceptors (Lipinski definition) is 3. The molecule has 0 radical (unpaired) electrons. The smallest absolute Gasteiger partial charge is 0.223 e. The molecule has 2 fully saturated rings. The van der Waals surface area contributed by atoms with Gasteiger partial charge < -0.3 is 15.7 Å². The number of rotatable bonds is 2. The molecule has 0 aromatic heterocycles. The Bertz CT molecular complexity index is 239. The van der Waals surface area contributed by atoms with E-state index in [2.05, 4.69) is 10.6 Å². The largest absolute Gasteiger partial charge is 0.391 e. The van der Waals surface area contributed by atoms with Gasteiger partial charge >= 0.3 is 0 Å². The minimum absolute atomic E-state index is 0.00358. The lowest BCUT2D eigenvalue weighted by Crippen LogP contribution is -2.48. The van der Waals surface area contributed by atoms with Crippen molar-refractivity contribution in [1.29, 1.82) is 0 Å². The first-order valence-electron chi connectivity index (χ1n) is 6.46. The van der Waals surface area contributed by atoms with Crippen LogP contribution in [0.2, 0.25) is 0 Å². The second-order valence-electron chi connectivity index (χ2n) is 4.99. The summed E-state index contributed by atoms with van der Waals surface area (Å²) in [5.74, 6) is 0.294. The highest BCUT2D eigenvalue weighted by Gasteiger charge is 2.28. The van der Waals surface area contributed by atoms with Crippen molar-refractivity contribution in [2.75, 3.05) is 13.1 Å². The number of piperidine rings is 1. The quantitative estimate of drug-likeness (QED) is 0.639. The number of amides is 1. The van der Waals surface area contributed by atoms with Crippen molar-refractivity contribution >= 4 is 5.91 Å². The van der Waals surface area contributed by atoms with Crippen LogP contribution >= 0.6 is 0 Å². The molecule has 1 heterocycles. The van der Waals surface area contributed by atoms with Crippen molar-refractivity contribution in [2.45, 2.75) is 50.7 Å². The summed E-state index contributed by atoms with van der Waals surface area (Å²) in [6, 6.07) is -0.00358. The van der Waals surface area contributed by atoms with Crippen LogP contribution in [-0.4, -0.2) is 36.2 Å². The third-order valence-electron chi connectivity index (χ3n) is 3.77. The average Bonchev–Trinajstić information content (AvgIpc) is 2.33. The maximum absolute atomic E-state index is 12.0. The molecule has 0 aromatic rings. The summed E-state index contributed by atoms with van der Waals surface area (Å²) < 4.78 is 0. The van der Waals surface area contributed by atoms with E-state index < -0.39 is 0 Å². The molecule has 2 aliphatic rings. The standard InChI is InChI=1S/C12H22N2O2/c15-11-4-2-1-3-10(11)14-12(16)9-5-7-13-8-6-9/h9-11,13,15H,1-8H2,(H,14,16)/t10-,11-/m0/s1. The van der Waals surface area contributed by atoms with Crippen molar-refractivity contribution in [2.24, 2.45) is 5.92 Å². The van der Waals surface area contributed by atoms with Gasteiger partial charge in [0.05, 0.1) is 12.1 Å². The van der Waals surface area contributed by atoms with Gasteiger partial charge in [0.2, 0.25) is 5.91 Å². The molecule has 3 N–H and O–H groups in total. The van der Waals surface area contributed by atoms with Gasteiger partial charge in [-0.3, -0.25) is 4.79 Å². The molecule has 1 saturated heterocycles. The van der Waals surface area contributed by atoms with Crippen LogP contribution < -0.4 is 10.6 Å². The highest BCUT2D eigenvalue weighted by molar-refractivity contribution is 5.79. The molecule has 1 aliphatic heterocycles. The van der Waals surface area contributed by atoms with Crippen LogP contribution in [0, 0.1) is 5.92 Å². The summed E-state index contributed by atoms with van der Waals surface area (Å²) in [5, 5.41) is 16.1. The molecular formula is C12H22N2O2. The molecule has 1 saturated carbocycles. The van der Waals surface area contributed by atoms with Crippen molar-refractivity contribution in [3.8, 4) is 0 Å². The van der Waals surface area contributed by atoms with Crippen LogP contribution in [0.4, 0.5) is 0 Å². The average molecular weight is 226 g/mol. The van der Waals surface area contributed by atoms with Gasteiger partial charge in [0.15, 0.2) is 0 Å². The normalized spacial score (nSPS) is 32.3. The summed E-state index contributed by atoms with van der Waals surface area (Å²) in [5.41, 5.74) is 0. The number of carbonyl (C=O) groups is 1. The Morgan fingerprint density at radius 1 is 1.12 bits per heavy atom. The summed E-state index contributed by atoms with van der Waals surface area (Å²) in [7, 11) is 0. The van der Waals surface area contributed by atoms with E-state index in [0.717, 1.165) is 51.6 Å². The molecule has 16 heavy (non-hydrogen) atoms. The Hall–Kier alpha value is -0.610. The lowest BCUT2D eigenvalue weighted by Gasteiger charge is -2.30. The number of hydrogen-bond donors (Lipinski definition) is 3. The second-order valence-corrected chi connectivity index (χ2v) is 4.99. The molecular weight excluding hydrogens is 204 g/mol. The second kappa shape index (κ2) is 5.64. The third kappa shape index (κ3) is 2.95. The van der Waals surface area contributed by atoms with Crippen molar-refractivity contribution in [3.05, 3.63) is 0 Å². The van der Waals surface area contributed by atoms with E-state index in [-0.39, 0.29) is 24.0 Å². The van der Waals surface area contributed by atoms with Gasteiger partial charge in [0, 0.05) is 5.92 Å². The Labute approximate surface area is 96.8 Å². The summed E-state index contributed by atoms with van der Waals surface area (Å²) in [4.78, 5) is 12.0. The molecule has 2 rings (SSSR count). The molecule has 1 amide bonds. The van der Waals surface area contributed by atoms with Crippen molar-refractivity contribution in [1.82, 2.24) is 10.6 Å². The summed E-state index contributed by atoms with van der Waals surface area (Å²) >= 11 is 0. The lowest BCUT2D eigenvalue weighted by atomic mass is 9.91. The first-order valence-corrected chi connectivity index (χ1v) is 6.46. The number of aliphatic hydroxyl groups is 1. The lowest BCUT2D eigenvalue weighted by molar-refractivity contribution is -0.127. The van der Waals surface area contributed by atoms with Gasteiger partial charge in [0.25, 0.3) is 0 Å². The number of nitrogens with one attached hydrogen (secondary N) is 2. The zero-order valence-corrected chi connectivity index (χ0v) is 9.74. The van der Waals surface area contributed by atoms with E-state index >= 15 is 0 Å². The maximum atomic E-state index is 12.0. The molecule has 0 unspecified atom stereocenters. The highest BCUT2D eigenvalue weighted by Crippen LogP contribution is 2.20. The fourth-order valence-corrected chi connectivity index (χ4v) is 2.66. The molecule has 92 valence electrons. The van der Waals surface area contributed by atoms with Gasteiger partial charge in [0.1, 0.15) is 0 Å². The first kappa shape index (κ1) is 11.9. The Morgan fingerprint density at radius 3 is 2.50 bits per heavy atom. The molecule has 0 bridgehead atoms. The molecule has 0 spiro atoms. The van der Waals surface area contributed by atoms with Gasteiger partial charge in [-0.05, 0) is 38.8 Å². The maximum Gasteiger partial charge on any atom is 0.223 e. The van der Waals surface area contributed by atoms with Gasteiger partial charge in [-0.2, -0.15) is 0 Å². The minimum atomic E-state index is -0.334. The van der Waals surface area contributed by atoms with Gasteiger partial charge in [-0.1, -0.05) is 12.8 Å². The molecule has 4 heteroatoms. The predicted octanol–water partition coefficient (Wildman–Crippen LogP) is 0.406. The minimum Gasteiger partial charge on any atom is -0.391 e. The zero-order valence-electron chi connectivity index (χ0n) is 9.74. The molecule has 1 aliphatic carbocycles. The molecule has 4 nitrogen and oxygen atoms in total. The predicted molar refractivity (Wildman–Crippen MR) is 62.0 cm³/mol. The Balaban J connectivity index is 1.80. The van der Waals surface area contributed by atoms with Crippen LogP contribution in [0.15, 0.2) is 0 Å². The van der Waals surface area contributed by atoms with E-state index in [9.17, 15) is 9.90 Å². The zero-order chi connectivity index (χ0) is 11.4. The third-order valence-corrected chi connectivity index (χ3v) is 3.77. The molecule has 0 aromatic carbocycles. The Morgan fingerprint density at radius 2 is 1.81 bits per heavy atom. The van der Waals surface area contributed by atoms with Crippen molar-refractivity contribution < 1.29 is 9.90 Å². The van der Waals surface area contributed by atoms with E-state index in [0.29, 0.717) is 0 Å². The fraction of sp³-hybridized carbons (Fsp3) is 0.917. The number of aliphatic hydroxyl groups excluding tert-OH is 1.